The van der Waals surface area contributed by atoms with Crippen LogP contribution in [0.1, 0.15) is 23.1 Å². The second kappa shape index (κ2) is 23.1. The Morgan fingerprint density at radius 1 is 0.605 bits per heavy atom. The molecule has 0 unspecified atom stereocenters. The summed E-state index contributed by atoms with van der Waals surface area (Å²) in [5.74, 6) is -1.85. The third-order valence-electron chi connectivity index (χ3n) is 10.8. The van der Waals surface area contributed by atoms with Crippen LogP contribution in [0.4, 0.5) is 54.9 Å². The molecule has 420 valence electrons. The van der Waals surface area contributed by atoms with E-state index in [2.05, 4.69) is 46.7 Å². The van der Waals surface area contributed by atoms with Gasteiger partial charge in [0.2, 0.25) is 0 Å². The highest BCUT2D eigenvalue weighted by Gasteiger charge is 2.28. The number of nitriles is 2. The predicted molar refractivity (Wildman–Crippen MR) is 288 cm³/mol. The SMILES string of the molecule is Cc1c(C#N)c(Nc2ccc(Cl)c(S(=O)(=O)O)c2)nc(Nc2ccc(Cl)c(S(=O)(=O)O)c2)c1N=Nc1sc(N=Nc2cc(S(=O)(=O)O)c3cc(S(=O)(=O)O)cc(S(=O)(=O)O)c3c2)c(-c2ccc(NC(=O)NCCC(=O)O)cc2)c1C#N. The fourth-order valence-electron chi connectivity index (χ4n) is 7.25. The molecule has 10 N–H and O–H groups in total. The molecule has 2 amide bonds. The van der Waals surface area contributed by atoms with Gasteiger partial charge in [0.1, 0.15) is 48.0 Å². The van der Waals surface area contributed by atoms with Gasteiger partial charge in [0.25, 0.3) is 50.6 Å². The number of aromatic nitrogens is 1. The number of azo groups is 2. The quantitative estimate of drug-likeness (QED) is 0.0282. The summed E-state index contributed by atoms with van der Waals surface area (Å²) in [5, 5.41) is 54.4. The Hall–Kier alpha value is -8.14. The van der Waals surface area contributed by atoms with Crippen LogP contribution < -0.4 is 21.3 Å². The number of hydrogen-bond donors (Lipinski definition) is 10. The Balaban J connectivity index is 1.44. The van der Waals surface area contributed by atoms with E-state index in [0.717, 1.165) is 30.3 Å². The number of benzene rings is 5. The third-order valence-corrected chi connectivity index (χ3v) is 17.1. The second-order valence-electron chi connectivity index (χ2n) is 16.2. The van der Waals surface area contributed by atoms with Crippen LogP contribution in [0.3, 0.4) is 0 Å². The first-order valence-electron chi connectivity index (χ1n) is 21.5. The number of hydrogen-bond acceptors (Lipinski definition) is 22. The molecule has 7 aromatic rings. The van der Waals surface area contributed by atoms with Gasteiger partial charge in [-0.15, -0.1) is 20.5 Å². The molecule has 0 bridgehead atoms. The van der Waals surface area contributed by atoms with E-state index in [9.17, 15) is 85.0 Å². The number of rotatable bonds is 18. The maximum Gasteiger partial charge on any atom is 0.319 e. The number of fused-ring (bicyclic) bond motifs is 1. The number of urea groups is 1. The van der Waals surface area contributed by atoms with Crippen LogP contribution in [0.15, 0.2) is 130 Å². The van der Waals surface area contributed by atoms with Gasteiger partial charge in [-0.05, 0) is 85.3 Å². The van der Waals surface area contributed by atoms with Crippen molar-refractivity contribution in [2.45, 2.75) is 37.8 Å². The standard InChI is InChI=1S/C44H31Cl2N11O18S6/c1-20-29(18-47)40(50-23-6-8-31(45)35(13-23)80(70,71)72)53-41(51-24-7-9-32(46)36(14-24)81(73,74)75)39(20)55-56-42-30(19-48)38(21-2-4-22(5-3-21)52-44(60)49-11-10-37(58)59)43(76-42)57-54-25-12-27-28(33(15-25)78(64,65)66)16-26(77(61,62)63)17-34(27)79(67,68)69/h2-9,12-17H,10-11H2,1H3,(H,58,59)(H2,49,52,60)(H2,50,51,53)(H,61,62,63)(H,64,65,66)(H,67,68,69)(H,70,71,72)(H,73,74,75). The minimum Gasteiger partial charge on any atom is -0.481 e. The van der Waals surface area contributed by atoms with Crippen molar-refractivity contribution in [3.8, 4) is 23.3 Å². The number of carboxylic acids is 1. The first kappa shape index (κ1) is 60.5. The van der Waals surface area contributed by atoms with Gasteiger partial charge in [-0.3, -0.25) is 27.6 Å². The Morgan fingerprint density at radius 2 is 1.11 bits per heavy atom. The summed E-state index contributed by atoms with van der Waals surface area (Å²) >= 11 is 12.6. The molecule has 29 nitrogen and oxygen atoms in total. The molecule has 0 radical (unpaired) electrons. The third kappa shape index (κ3) is 14.1. The number of nitrogens with one attached hydrogen (secondary N) is 4. The Morgan fingerprint density at radius 3 is 1.63 bits per heavy atom. The molecule has 7 rings (SSSR count). The van der Waals surface area contributed by atoms with E-state index < -0.39 is 115 Å². The number of carbonyl (C=O) groups excluding carboxylic acids is 1. The summed E-state index contributed by atoms with van der Waals surface area (Å²) in [5.41, 5.74) is -1.66. The Labute approximate surface area is 471 Å². The van der Waals surface area contributed by atoms with Gasteiger partial charge in [0.15, 0.2) is 16.6 Å². The van der Waals surface area contributed by atoms with Crippen molar-refractivity contribution in [3.05, 3.63) is 112 Å². The zero-order chi connectivity index (χ0) is 59.7. The highest BCUT2D eigenvalue weighted by molar-refractivity contribution is 7.87. The number of pyridine rings is 1. The largest absolute Gasteiger partial charge is 0.481 e. The van der Waals surface area contributed by atoms with Gasteiger partial charge in [-0.2, -0.15) is 52.6 Å². The van der Waals surface area contributed by atoms with Crippen molar-refractivity contribution >= 4 is 158 Å². The molecule has 5 aromatic carbocycles. The molecule has 37 heteroatoms. The number of amides is 2. The lowest BCUT2D eigenvalue weighted by atomic mass is 10.0. The molecule has 81 heavy (non-hydrogen) atoms. The monoisotopic (exact) mass is 1260 g/mol. The Kier molecular flexibility index (Phi) is 17.3. The number of nitrogens with zero attached hydrogens (tertiary/aromatic N) is 7. The average Bonchev–Trinajstić information content (AvgIpc) is 3.73. The normalized spacial score (nSPS) is 12.3. The Bertz CT molecular complexity index is 4570. The van der Waals surface area contributed by atoms with Crippen LogP contribution in [0.5, 0.6) is 0 Å². The van der Waals surface area contributed by atoms with Crippen LogP contribution in [0, 0.1) is 29.6 Å². The van der Waals surface area contributed by atoms with Gasteiger partial charge in [0.05, 0.1) is 32.6 Å². The molecule has 0 atom stereocenters. The van der Waals surface area contributed by atoms with Crippen molar-refractivity contribution in [2.75, 3.05) is 22.5 Å². The molecule has 0 saturated heterocycles. The van der Waals surface area contributed by atoms with Crippen molar-refractivity contribution in [3.63, 3.8) is 0 Å². The minimum atomic E-state index is -5.46. The molecular weight excluding hydrogens is 1230 g/mol. The maximum atomic E-state index is 12.7. The maximum absolute atomic E-state index is 12.7. The molecule has 0 spiro atoms. The first-order valence-corrected chi connectivity index (χ1v) is 30.3. The van der Waals surface area contributed by atoms with Crippen molar-refractivity contribution < 1.29 is 79.5 Å². The number of carboxylic acid groups (broad SMARTS) is 1. The molecule has 0 aliphatic carbocycles. The van der Waals surface area contributed by atoms with Crippen molar-refractivity contribution in [2.24, 2.45) is 20.5 Å². The molecule has 0 saturated carbocycles. The van der Waals surface area contributed by atoms with Crippen LogP contribution in [-0.4, -0.2) is 93.5 Å². The van der Waals surface area contributed by atoms with Crippen LogP contribution in [-0.2, 0) is 55.4 Å². The van der Waals surface area contributed by atoms with Gasteiger partial charge < -0.3 is 26.4 Å². The van der Waals surface area contributed by atoms with E-state index in [1.165, 1.54) is 43.3 Å². The van der Waals surface area contributed by atoms with Crippen LogP contribution >= 0.6 is 34.5 Å². The summed E-state index contributed by atoms with van der Waals surface area (Å²) < 4.78 is 173. The van der Waals surface area contributed by atoms with E-state index in [0.29, 0.717) is 29.5 Å². The van der Waals surface area contributed by atoms with E-state index in [-0.39, 0.29) is 83.8 Å². The number of carbonyl (C=O) groups is 2. The van der Waals surface area contributed by atoms with E-state index in [1.54, 1.807) is 0 Å². The van der Waals surface area contributed by atoms with Crippen LogP contribution in [0.2, 0.25) is 10.0 Å². The first-order chi connectivity index (χ1) is 37.7. The van der Waals surface area contributed by atoms with E-state index >= 15 is 0 Å². The molecule has 0 aliphatic heterocycles. The predicted octanol–water partition coefficient (Wildman–Crippen LogP) is 9.47. The average molecular weight is 1270 g/mol. The highest BCUT2D eigenvalue weighted by atomic mass is 35.5. The lowest BCUT2D eigenvalue weighted by molar-refractivity contribution is -0.136. The van der Waals surface area contributed by atoms with Crippen molar-refractivity contribution in [1.29, 1.82) is 10.5 Å². The molecular formula is C44H31Cl2N11O18S6. The van der Waals surface area contributed by atoms with E-state index in [1.807, 2.05) is 12.1 Å². The summed E-state index contributed by atoms with van der Waals surface area (Å²) in [4.78, 5) is 22.7. The smallest absolute Gasteiger partial charge is 0.319 e. The summed E-state index contributed by atoms with van der Waals surface area (Å²) in [6.45, 7) is 1.11. The number of halogens is 2. The zero-order valence-electron chi connectivity index (χ0n) is 39.9. The van der Waals surface area contributed by atoms with E-state index in [4.69, 9.17) is 28.3 Å². The summed E-state index contributed by atoms with van der Waals surface area (Å²) in [7, 11) is -26.0. The molecule has 2 aromatic heterocycles. The van der Waals surface area contributed by atoms with Crippen molar-refractivity contribution in [1.82, 2.24) is 10.3 Å². The molecule has 2 heterocycles. The topological polar surface area (TPSA) is 484 Å². The van der Waals surface area contributed by atoms with Gasteiger partial charge >= 0.3 is 12.0 Å². The molecule has 0 aliphatic rings. The summed E-state index contributed by atoms with van der Waals surface area (Å²) in [6.07, 6.45) is -0.394. The summed E-state index contributed by atoms with van der Waals surface area (Å²) in [6, 6.07) is 17.2. The fourth-order valence-corrected chi connectivity index (χ4v) is 12.2. The number of aliphatic carboxylic acids is 1. The minimum absolute atomic E-state index is 0.0571. The fraction of sp³-hybridized carbons (Fsp3) is 0.0682. The van der Waals surface area contributed by atoms with Crippen LogP contribution in [0.25, 0.3) is 21.9 Å². The molecule has 0 fully saturated rings. The lowest BCUT2D eigenvalue weighted by Gasteiger charge is -2.16. The zero-order valence-corrected chi connectivity index (χ0v) is 46.3. The van der Waals surface area contributed by atoms with Gasteiger partial charge in [-0.1, -0.05) is 46.7 Å². The lowest BCUT2D eigenvalue weighted by Crippen LogP contribution is -2.30. The number of thiophene rings is 1. The number of anilines is 5. The van der Waals surface area contributed by atoms with Gasteiger partial charge in [0, 0.05) is 45.5 Å². The highest BCUT2D eigenvalue weighted by Crippen LogP contribution is 2.49. The second-order valence-corrected chi connectivity index (χ2v) is 25.0. The van der Waals surface area contributed by atoms with Gasteiger partial charge in [-0.25, -0.2) is 9.78 Å².